The maximum atomic E-state index is 13.6. The molecule has 1 aromatic carbocycles. The van der Waals surface area contributed by atoms with Crippen molar-refractivity contribution in [2.24, 2.45) is 0 Å². The molecule has 2 aromatic heterocycles. The fourth-order valence-electron chi connectivity index (χ4n) is 5.72. The molecule has 40 heavy (non-hydrogen) atoms. The third-order valence-corrected chi connectivity index (χ3v) is 7.96. The van der Waals surface area contributed by atoms with E-state index in [0.29, 0.717) is 57.4 Å². The number of ether oxygens (including phenoxy) is 1. The lowest BCUT2D eigenvalue weighted by molar-refractivity contribution is 0.0614. The lowest BCUT2D eigenvalue weighted by Crippen LogP contribution is -2.49. The summed E-state index contributed by atoms with van der Waals surface area (Å²) in [7, 11) is 0. The zero-order valence-electron chi connectivity index (χ0n) is 22.8. The minimum Gasteiger partial charge on any atom is -0.395 e. The Morgan fingerprint density at radius 2 is 1.77 bits per heavy atom. The summed E-state index contributed by atoms with van der Waals surface area (Å²) < 4.78 is 5.56. The molecule has 12 heteroatoms. The van der Waals surface area contributed by atoms with E-state index in [4.69, 9.17) is 20.4 Å². The lowest BCUT2D eigenvalue weighted by Gasteiger charge is -2.35. The Morgan fingerprint density at radius 1 is 1.02 bits per heavy atom. The number of benzene rings is 1. The van der Waals surface area contributed by atoms with Crippen molar-refractivity contribution in [2.75, 3.05) is 87.7 Å². The number of carbonyl (C=O) groups is 1. The highest BCUT2D eigenvalue weighted by Gasteiger charge is 2.31. The first-order chi connectivity index (χ1) is 19.5. The number of β-amino-alcohol motifs (C(OH)–C–C–N with tert-alkyl or cyclic N) is 1. The number of morpholine rings is 1. The molecule has 0 bridgehead atoms. The molecule has 3 N–H and O–H groups in total. The Balaban J connectivity index is 1.35. The predicted octanol–water partition coefficient (Wildman–Crippen LogP) is 1.11. The third-order valence-electron chi connectivity index (χ3n) is 7.96. The van der Waals surface area contributed by atoms with Crippen molar-refractivity contribution in [3.63, 3.8) is 0 Å². The van der Waals surface area contributed by atoms with Crippen LogP contribution in [-0.4, -0.2) is 113 Å². The van der Waals surface area contributed by atoms with Gasteiger partial charge in [0.15, 0.2) is 0 Å². The molecule has 2 saturated heterocycles. The second-order valence-electron chi connectivity index (χ2n) is 10.3. The maximum Gasteiger partial charge on any atom is 0.254 e. The Bertz CT molecular complexity index is 1370. The number of nitrogen functional groups attached to an aromatic ring is 1. The minimum absolute atomic E-state index is 0.0406. The molecule has 0 saturated carbocycles. The first-order valence-electron chi connectivity index (χ1n) is 13.8. The van der Waals surface area contributed by atoms with Gasteiger partial charge in [-0.2, -0.15) is 4.98 Å². The van der Waals surface area contributed by atoms with Crippen molar-refractivity contribution in [3.8, 4) is 11.3 Å². The van der Waals surface area contributed by atoms with Crippen molar-refractivity contribution in [2.45, 2.75) is 13.3 Å². The summed E-state index contributed by atoms with van der Waals surface area (Å²) >= 11 is 0. The number of amides is 1. The van der Waals surface area contributed by atoms with Crippen LogP contribution in [0.3, 0.4) is 0 Å². The van der Waals surface area contributed by atoms with Gasteiger partial charge in [0.2, 0.25) is 11.9 Å². The molecule has 3 aliphatic heterocycles. The standard InChI is InChI=1S/C28H35N9O3/c1-19-21(26(39)35-9-7-34(8-10-35)11-14-38)3-2-4-23(19)37-6-5-22-24(20-17-30-27(29)31-18-20)32-28(33-25(22)37)36-12-15-40-16-13-36/h2-4,17-18,38H,5-16H2,1H3,(H2,29,30,31). The number of hydrogen-bond donors (Lipinski definition) is 2. The molecule has 0 aliphatic carbocycles. The second kappa shape index (κ2) is 11.3. The Kier molecular flexibility index (Phi) is 7.46. The molecule has 0 radical (unpaired) electrons. The summed E-state index contributed by atoms with van der Waals surface area (Å²) in [6.45, 7) is 9.03. The van der Waals surface area contributed by atoms with Crippen LogP contribution in [0.25, 0.3) is 11.3 Å². The van der Waals surface area contributed by atoms with Gasteiger partial charge in [-0.3, -0.25) is 9.69 Å². The molecule has 210 valence electrons. The number of nitrogens with two attached hydrogens (primary N) is 1. The van der Waals surface area contributed by atoms with E-state index in [2.05, 4.69) is 30.7 Å². The molecule has 0 unspecified atom stereocenters. The molecule has 5 heterocycles. The van der Waals surface area contributed by atoms with Crippen LogP contribution in [-0.2, 0) is 11.2 Å². The average molecular weight is 546 g/mol. The normalized spacial score (nSPS) is 17.8. The smallest absolute Gasteiger partial charge is 0.254 e. The van der Waals surface area contributed by atoms with Gasteiger partial charge in [0.05, 0.1) is 25.5 Å². The van der Waals surface area contributed by atoms with Gasteiger partial charge >= 0.3 is 0 Å². The number of carbonyl (C=O) groups excluding carboxylic acids is 1. The van der Waals surface area contributed by atoms with Crippen LogP contribution in [0.15, 0.2) is 30.6 Å². The molecule has 1 amide bonds. The SMILES string of the molecule is Cc1c(C(=O)N2CCN(CCO)CC2)cccc1N1CCc2c(-c3cnc(N)nc3)nc(N3CCOCC3)nc21. The van der Waals surface area contributed by atoms with E-state index in [-0.39, 0.29) is 18.5 Å². The topological polar surface area (TPSA) is 137 Å². The molecule has 3 aromatic rings. The maximum absolute atomic E-state index is 13.6. The number of rotatable bonds is 6. The van der Waals surface area contributed by atoms with Gasteiger partial charge in [-0.25, -0.2) is 15.0 Å². The molecule has 0 spiro atoms. The molecule has 0 atom stereocenters. The summed E-state index contributed by atoms with van der Waals surface area (Å²) in [6.07, 6.45) is 4.17. The molecule has 2 fully saturated rings. The Hall–Kier alpha value is -3.87. The quantitative estimate of drug-likeness (QED) is 0.461. The van der Waals surface area contributed by atoms with Gasteiger partial charge in [-0.1, -0.05) is 6.07 Å². The molecule has 12 nitrogen and oxygen atoms in total. The number of hydrogen-bond acceptors (Lipinski definition) is 11. The molecule has 3 aliphatic rings. The van der Waals surface area contributed by atoms with Crippen LogP contribution < -0.4 is 15.5 Å². The minimum atomic E-state index is 0.0406. The average Bonchev–Trinajstić information content (AvgIpc) is 3.42. The van der Waals surface area contributed by atoms with Gasteiger partial charge in [-0.15, -0.1) is 0 Å². The van der Waals surface area contributed by atoms with E-state index in [1.165, 1.54) is 0 Å². The van der Waals surface area contributed by atoms with Gasteiger partial charge < -0.3 is 30.3 Å². The zero-order valence-corrected chi connectivity index (χ0v) is 22.8. The number of nitrogens with zero attached hydrogens (tertiary/aromatic N) is 8. The van der Waals surface area contributed by atoms with Crippen molar-refractivity contribution in [3.05, 3.63) is 47.3 Å². The van der Waals surface area contributed by atoms with E-state index in [9.17, 15) is 9.90 Å². The van der Waals surface area contributed by atoms with Crippen LogP contribution in [0, 0.1) is 6.92 Å². The number of anilines is 4. The highest BCUT2D eigenvalue weighted by atomic mass is 16.5. The van der Waals surface area contributed by atoms with Gasteiger partial charge in [0, 0.05) is 87.1 Å². The molecular weight excluding hydrogens is 510 g/mol. The number of aliphatic hydroxyl groups is 1. The van der Waals surface area contributed by atoms with Crippen molar-refractivity contribution in [1.82, 2.24) is 29.7 Å². The van der Waals surface area contributed by atoms with E-state index in [1.54, 1.807) is 12.4 Å². The Morgan fingerprint density at radius 3 is 2.50 bits per heavy atom. The molecule has 6 rings (SSSR count). The van der Waals surface area contributed by atoms with Crippen molar-refractivity contribution >= 4 is 29.3 Å². The Labute approximate surface area is 233 Å². The van der Waals surface area contributed by atoms with Crippen molar-refractivity contribution < 1.29 is 14.6 Å². The number of aliphatic hydroxyl groups excluding tert-OH is 1. The number of piperazine rings is 1. The van der Waals surface area contributed by atoms with Crippen LogP contribution in [0.1, 0.15) is 21.5 Å². The fraction of sp³-hybridized carbons (Fsp3) is 0.464. The zero-order chi connectivity index (χ0) is 27.6. The summed E-state index contributed by atoms with van der Waals surface area (Å²) in [5.41, 5.74) is 11.0. The molecular formula is C28H35N9O3. The fourth-order valence-corrected chi connectivity index (χ4v) is 5.72. The summed E-state index contributed by atoms with van der Waals surface area (Å²) in [5.74, 6) is 1.75. The third kappa shape index (κ3) is 5.05. The van der Waals surface area contributed by atoms with Gasteiger partial charge in [0.25, 0.3) is 5.91 Å². The van der Waals surface area contributed by atoms with Crippen LogP contribution in [0.5, 0.6) is 0 Å². The number of fused-ring (bicyclic) bond motifs is 1. The largest absolute Gasteiger partial charge is 0.395 e. The number of aromatic nitrogens is 4. The van der Waals surface area contributed by atoms with Gasteiger partial charge in [0.1, 0.15) is 5.82 Å². The van der Waals surface area contributed by atoms with E-state index in [1.807, 2.05) is 24.0 Å². The second-order valence-corrected chi connectivity index (χ2v) is 10.3. The summed E-state index contributed by atoms with van der Waals surface area (Å²) in [6, 6.07) is 5.92. The predicted molar refractivity (Wildman–Crippen MR) is 152 cm³/mol. The van der Waals surface area contributed by atoms with Gasteiger partial charge in [-0.05, 0) is 31.0 Å². The van der Waals surface area contributed by atoms with E-state index >= 15 is 0 Å². The summed E-state index contributed by atoms with van der Waals surface area (Å²) in [5, 5.41) is 9.24. The van der Waals surface area contributed by atoms with E-state index in [0.717, 1.165) is 59.9 Å². The first-order valence-corrected chi connectivity index (χ1v) is 13.8. The highest BCUT2D eigenvalue weighted by molar-refractivity contribution is 5.97. The van der Waals surface area contributed by atoms with Crippen LogP contribution in [0.2, 0.25) is 0 Å². The van der Waals surface area contributed by atoms with Crippen molar-refractivity contribution in [1.29, 1.82) is 0 Å². The van der Waals surface area contributed by atoms with E-state index < -0.39 is 0 Å². The lowest BCUT2D eigenvalue weighted by atomic mass is 10.0. The van der Waals surface area contributed by atoms with Crippen LogP contribution >= 0.6 is 0 Å². The summed E-state index contributed by atoms with van der Waals surface area (Å²) in [4.78, 5) is 40.5. The first kappa shape index (κ1) is 26.4. The monoisotopic (exact) mass is 545 g/mol. The van der Waals surface area contributed by atoms with Crippen LogP contribution in [0.4, 0.5) is 23.4 Å². The highest BCUT2D eigenvalue weighted by Crippen LogP contribution is 2.40.